The van der Waals surface area contributed by atoms with E-state index in [2.05, 4.69) is 0 Å². The van der Waals surface area contributed by atoms with Crippen LogP contribution in [-0.2, 0) is 0 Å². The van der Waals surface area contributed by atoms with E-state index >= 15 is 0 Å². The van der Waals surface area contributed by atoms with E-state index in [0.717, 1.165) is 5.56 Å². The van der Waals surface area contributed by atoms with Crippen LogP contribution in [0.25, 0.3) is 0 Å². The molecule has 0 saturated carbocycles. The van der Waals surface area contributed by atoms with E-state index in [1.54, 1.807) is 12.1 Å². The summed E-state index contributed by atoms with van der Waals surface area (Å²) in [7, 11) is 1.43. The van der Waals surface area contributed by atoms with Crippen LogP contribution in [0.2, 0.25) is 0 Å². The molecule has 0 spiro atoms. The van der Waals surface area contributed by atoms with Crippen LogP contribution in [0.15, 0.2) is 18.2 Å². The second kappa shape index (κ2) is 4.80. The van der Waals surface area contributed by atoms with Gasteiger partial charge < -0.3 is 16.2 Å². The third-order valence-electron chi connectivity index (χ3n) is 2.90. The lowest BCUT2D eigenvalue weighted by atomic mass is 9.81. The summed E-state index contributed by atoms with van der Waals surface area (Å²) in [6, 6.07) is 4.46. The second-order valence-corrected chi connectivity index (χ2v) is 4.56. The van der Waals surface area contributed by atoms with Crippen LogP contribution in [0, 0.1) is 11.2 Å². The molecular formula is C12H19FN2O. The highest BCUT2D eigenvalue weighted by Gasteiger charge is 2.26. The zero-order chi connectivity index (χ0) is 12.3. The van der Waals surface area contributed by atoms with Crippen molar-refractivity contribution in [2.75, 3.05) is 13.7 Å². The van der Waals surface area contributed by atoms with Gasteiger partial charge >= 0.3 is 0 Å². The maximum atomic E-state index is 13.5. The van der Waals surface area contributed by atoms with Gasteiger partial charge in [-0.15, -0.1) is 0 Å². The van der Waals surface area contributed by atoms with Crippen LogP contribution in [0.3, 0.4) is 0 Å². The van der Waals surface area contributed by atoms with Crippen molar-refractivity contribution in [3.8, 4) is 5.75 Å². The lowest BCUT2D eigenvalue weighted by Crippen LogP contribution is -2.35. The van der Waals surface area contributed by atoms with Crippen LogP contribution < -0.4 is 16.2 Å². The maximum absolute atomic E-state index is 13.5. The Kier molecular flexibility index (Phi) is 3.88. The lowest BCUT2D eigenvalue weighted by molar-refractivity contribution is 0.300. The summed E-state index contributed by atoms with van der Waals surface area (Å²) in [5.74, 6) is -0.176. The summed E-state index contributed by atoms with van der Waals surface area (Å²) in [4.78, 5) is 0. The topological polar surface area (TPSA) is 61.3 Å². The quantitative estimate of drug-likeness (QED) is 0.823. The molecule has 1 aromatic rings. The van der Waals surface area contributed by atoms with Crippen LogP contribution in [0.1, 0.15) is 25.5 Å². The monoisotopic (exact) mass is 226 g/mol. The van der Waals surface area contributed by atoms with Crippen molar-refractivity contribution in [3.63, 3.8) is 0 Å². The van der Waals surface area contributed by atoms with E-state index < -0.39 is 5.82 Å². The van der Waals surface area contributed by atoms with Gasteiger partial charge in [0.05, 0.1) is 7.11 Å². The Bertz CT molecular complexity index is 366. The van der Waals surface area contributed by atoms with Crippen LogP contribution in [-0.4, -0.2) is 13.7 Å². The summed E-state index contributed by atoms with van der Waals surface area (Å²) in [5, 5.41) is 0. The van der Waals surface area contributed by atoms with E-state index in [0.29, 0.717) is 6.54 Å². The molecule has 0 aliphatic carbocycles. The number of hydrogen-bond donors (Lipinski definition) is 2. The van der Waals surface area contributed by atoms with E-state index in [-0.39, 0.29) is 17.2 Å². The molecule has 0 aromatic heterocycles. The van der Waals surface area contributed by atoms with Crippen LogP contribution >= 0.6 is 0 Å². The van der Waals surface area contributed by atoms with Gasteiger partial charge in [-0.05, 0) is 29.7 Å². The number of methoxy groups -OCH3 is 1. The molecule has 1 atom stereocenters. The number of nitrogens with two attached hydrogens (primary N) is 2. The molecule has 0 radical (unpaired) electrons. The molecule has 4 N–H and O–H groups in total. The number of rotatable bonds is 4. The molecule has 0 aliphatic rings. The summed E-state index contributed by atoms with van der Waals surface area (Å²) in [5.41, 5.74) is 12.2. The molecule has 0 fully saturated rings. The van der Waals surface area contributed by atoms with Crippen molar-refractivity contribution < 1.29 is 9.13 Å². The largest absolute Gasteiger partial charge is 0.494 e. The Morgan fingerprint density at radius 1 is 1.44 bits per heavy atom. The van der Waals surface area contributed by atoms with Gasteiger partial charge in [-0.25, -0.2) is 4.39 Å². The van der Waals surface area contributed by atoms with Gasteiger partial charge in [-0.1, -0.05) is 19.9 Å². The third kappa shape index (κ3) is 2.51. The van der Waals surface area contributed by atoms with Crippen molar-refractivity contribution in [2.24, 2.45) is 16.9 Å². The number of benzene rings is 1. The standard InChI is InChI=1S/C12H19FN2O/c1-12(2,7-14)11(15)8-4-5-10(16-3)9(13)6-8/h4-6,11H,7,14-15H2,1-3H3. The summed E-state index contributed by atoms with van der Waals surface area (Å²) >= 11 is 0. The first-order chi connectivity index (χ1) is 7.42. The first kappa shape index (κ1) is 12.9. The first-order valence-corrected chi connectivity index (χ1v) is 5.21. The van der Waals surface area contributed by atoms with Crippen molar-refractivity contribution in [1.29, 1.82) is 0 Å². The van der Waals surface area contributed by atoms with Gasteiger partial charge in [0.15, 0.2) is 11.6 Å². The van der Waals surface area contributed by atoms with E-state index in [1.165, 1.54) is 13.2 Å². The molecule has 0 amide bonds. The molecular weight excluding hydrogens is 207 g/mol. The number of hydrogen-bond acceptors (Lipinski definition) is 3. The average Bonchev–Trinajstić information content (AvgIpc) is 2.27. The van der Waals surface area contributed by atoms with Crippen LogP contribution in [0.4, 0.5) is 4.39 Å². The minimum atomic E-state index is -0.400. The van der Waals surface area contributed by atoms with E-state index in [1.807, 2.05) is 13.8 Å². The summed E-state index contributed by atoms with van der Waals surface area (Å²) in [6.45, 7) is 4.36. The molecule has 0 heterocycles. The minimum absolute atomic E-state index is 0.224. The van der Waals surface area contributed by atoms with Crippen molar-refractivity contribution in [3.05, 3.63) is 29.6 Å². The van der Waals surface area contributed by atoms with Crippen LogP contribution in [0.5, 0.6) is 5.75 Å². The number of ether oxygens (including phenoxy) is 1. The van der Waals surface area contributed by atoms with E-state index in [4.69, 9.17) is 16.2 Å². The van der Waals surface area contributed by atoms with Gasteiger partial charge in [0.25, 0.3) is 0 Å². The molecule has 4 heteroatoms. The van der Waals surface area contributed by atoms with Gasteiger partial charge in [0, 0.05) is 6.04 Å². The van der Waals surface area contributed by atoms with E-state index in [9.17, 15) is 4.39 Å². The van der Waals surface area contributed by atoms with Gasteiger partial charge in [0.1, 0.15) is 0 Å². The number of halogens is 1. The summed E-state index contributed by atoms with van der Waals surface area (Å²) < 4.78 is 18.3. The predicted molar refractivity (Wildman–Crippen MR) is 62.7 cm³/mol. The first-order valence-electron chi connectivity index (χ1n) is 5.21. The highest BCUT2D eigenvalue weighted by atomic mass is 19.1. The normalized spacial score (nSPS) is 13.6. The Labute approximate surface area is 95.6 Å². The SMILES string of the molecule is COc1ccc(C(N)C(C)(C)CN)cc1F. The van der Waals surface area contributed by atoms with Gasteiger partial charge in [0.2, 0.25) is 0 Å². The summed E-state index contributed by atoms with van der Waals surface area (Å²) in [6.07, 6.45) is 0. The molecule has 3 nitrogen and oxygen atoms in total. The fraction of sp³-hybridized carbons (Fsp3) is 0.500. The zero-order valence-corrected chi connectivity index (χ0v) is 9.96. The lowest BCUT2D eigenvalue weighted by Gasteiger charge is -2.30. The maximum Gasteiger partial charge on any atom is 0.165 e. The fourth-order valence-corrected chi connectivity index (χ4v) is 1.45. The predicted octanol–water partition coefficient (Wildman–Crippen LogP) is 1.82. The third-order valence-corrected chi connectivity index (χ3v) is 2.90. The highest BCUT2D eigenvalue weighted by molar-refractivity contribution is 5.31. The van der Waals surface area contributed by atoms with Crippen molar-refractivity contribution in [2.45, 2.75) is 19.9 Å². The molecule has 90 valence electrons. The Morgan fingerprint density at radius 2 is 2.06 bits per heavy atom. The smallest absolute Gasteiger partial charge is 0.165 e. The Hall–Kier alpha value is -1.13. The van der Waals surface area contributed by atoms with Crippen molar-refractivity contribution in [1.82, 2.24) is 0 Å². The molecule has 1 unspecified atom stereocenters. The molecule has 0 aliphatic heterocycles. The molecule has 0 bridgehead atoms. The second-order valence-electron chi connectivity index (χ2n) is 4.56. The van der Waals surface area contributed by atoms with Gasteiger partial charge in [-0.3, -0.25) is 0 Å². The zero-order valence-electron chi connectivity index (χ0n) is 9.96. The fourth-order valence-electron chi connectivity index (χ4n) is 1.45. The Morgan fingerprint density at radius 3 is 2.50 bits per heavy atom. The average molecular weight is 226 g/mol. The molecule has 16 heavy (non-hydrogen) atoms. The molecule has 1 aromatic carbocycles. The molecule has 0 saturated heterocycles. The Balaban J connectivity index is 3.02. The minimum Gasteiger partial charge on any atom is -0.494 e. The highest BCUT2D eigenvalue weighted by Crippen LogP contribution is 2.31. The van der Waals surface area contributed by atoms with Gasteiger partial charge in [-0.2, -0.15) is 0 Å². The van der Waals surface area contributed by atoms with Crippen molar-refractivity contribution >= 4 is 0 Å². The molecule has 1 rings (SSSR count).